The molecule has 3 N–H and O–H groups in total. The van der Waals surface area contributed by atoms with Crippen LogP contribution in [0.2, 0.25) is 0 Å². The average molecular weight is 538 g/mol. The van der Waals surface area contributed by atoms with E-state index in [0.717, 1.165) is 63.6 Å². The largest absolute Gasteiger partial charge is 0.370 e. The Hall–Kier alpha value is -2.10. The molecule has 1 aliphatic rings. The van der Waals surface area contributed by atoms with E-state index >= 15 is 0 Å². The summed E-state index contributed by atoms with van der Waals surface area (Å²) < 4.78 is 2.20. The highest BCUT2D eigenvalue weighted by molar-refractivity contribution is 14.0. The molecule has 0 radical (unpaired) electrons. The van der Waals surface area contributed by atoms with Gasteiger partial charge < -0.3 is 20.5 Å². The fraction of sp³-hybridized carbons (Fsp3) is 0.522. The van der Waals surface area contributed by atoms with Gasteiger partial charge in [-0.15, -0.1) is 24.0 Å². The summed E-state index contributed by atoms with van der Waals surface area (Å²) in [5.41, 5.74) is 6.77. The Balaban J connectivity index is 0.00000341. The number of carbonyl (C=O) groups is 1. The van der Waals surface area contributed by atoms with Crippen molar-refractivity contribution >= 4 is 35.8 Å². The lowest BCUT2D eigenvalue weighted by molar-refractivity contribution is -0.119. The Morgan fingerprint density at radius 3 is 2.87 bits per heavy atom. The van der Waals surface area contributed by atoms with E-state index in [2.05, 4.69) is 57.0 Å². The molecule has 1 unspecified atom stereocenters. The maximum Gasteiger partial charge on any atom is 0.217 e. The van der Waals surface area contributed by atoms with E-state index in [4.69, 9.17) is 10.7 Å². The number of nitrogens with one attached hydrogen (secondary N) is 1. The summed E-state index contributed by atoms with van der Waals surface area (Å²) in [6.07, 6.45) is 8.55. The molecule has 1 amide bonds. The Labute approximate surface area is 202 Å². The van der Waals surface area contributed by atoms with Gasteiger partial charge in [0.05, 0.1) is 0 Å². The molecule has 7 nitrogen and oxygen atoms in total. The maximum absolute atomic E-state index is 11.3. The number of benzene rings is 1. The van der Waals surface area contributed by atoms with Gasteiger partial charge in [-0.05, 0) is 44.1 Å². The number of aryl methyl sites for hydroxylation is 2. The van der Waals surface area contributed by atoms with Crippen LogP contribution in [0.15, 0.2) is 47.7 Å². The number of hydrogen-bond acceptors (Lipinski definition) is 3. The molecule has 0 spiro atoms. The minimum Gasteiger partial charge on any atom is -0.370 e. The second-order valence-corrected chi connectivity index (χ2v) is 7.92. The molecule has 1 saturated heterocycles. The number of nitrogens with zero attached hydrogens (tertiary/aromatic N) is 4. The lowest BCUT2D eigenvalue weighted by atomic mass is 9.95. The van der Waals surface area contributed by atoms with Gasteiger partial charge in [-0.3, -0.25) is 4.79 Å². The number of amides is 1. The minimum absolute atomic E-state index is 0. The van der Waals surface area contributed by atoms with E-state index in [0.29, 0.717) is 18.9 Å². The van der Waals surface area contributed by atoms with Crippen LogP contribution in [0.3, 0.4) is 0 Å². The Morgan fingerprint density at radius 2 is 2.13 bits per heavy atom. The number of primary amides is 1. The van der Waals surface area contributed by atoms with Crippen LogP contribution in [0.1, 0.15) is 44.0 Å². The molecular weight excluding hydrogens is 503 g/mol. The van der Waals surface area contributed by atoms with Crippen molar-refractivity contribution in [2.45, 2.75) is 52.1 Å². The van der Waals surface area contributed by atoms with Gasteiger partial charge in [-0.25, -0.2) is 9.98 Å². The van der Waals surface area contributed by atoms with E-state index in [-0.39, 0.29) is 29.9 Å². The first-order valence-electron chi connectivity index (χ1n) is 11.0. The van der Waals surface area contributed by atoms with Crippen LogP contribution in [0.25, 0.3) is 0 Å². The zero-order chi connectivity index (χ0) is 21.2. The lowest BCUT2D eigenvalue weighted by Crippen LogP contribution is -2.47. The number of rotatable bonds is 9. The summed E-state index contributed by atoms with van der Waals surface area (Å²) in [5.74, 6) is 1.95. The van der Waals surface area contributed by atoms with Gasteiger partial charge in [0.2, 0.25) is 5.91 Å². The smallest absolute Gasteiger partial charge is 0.217 e. The van der Waals surface area contributed by atoms with Crippen molar-refractivity contribution in [3.8, 4) is 0 Å². The van der Waals surface area contributed by atoms with Gasteiger partial charge in [0, 0.05) is 45.0 Å². The standard InChI is InChI=1S/C23H34N6O.HI/c1-2-25-23(29-14-7-11-20(18-29)16-21(24)30)27-17-22-26-12-15-28(22)13-6-10-19-8-4-3-5-9-19;/h3-5,8-9,12,15,20H,2,6-7,10-11,13-14,16-18H2,1H3,(H2,24,30)(H,25,27);1H. The van der Waals surface area contributed by atoms with Crippen LogP contribution in [-0.4, -0.2) is 46.0 Å². The highest BCUT2D eigenvalue weighted by Crippen LogP contribution is 2.19. The van der Waals surface area contributed by atoms with Crippen LogP contribution in [-0.2, 0) is 24.3 Å². The molecule has 0 saturated carbocycles. The summed E-state index contributed by atoms with van der Waals surface area (Å²) in [6.45, 7) is 6.12. The molecule has 170 valence electrons. The molecule has 1 fully saturated rings. The first kappa shape index (κ1) is 25.2. The average Bonchev–Trinajstić information content (AvgIpc) is 3.19. The second-order valence-electron chi connectivity index (χ2n) is 7.92. The zero-order valence-electron chi connectivity index (χ0n) is 18.4. The zero-order valence-corrected chi connectivity index (χ0v) is 20.7. The minimum atomic E-state index is -0.221. The lowest BCUT2D eigenvalue weighted by Gasteiger charge is -2.34. The maximum atomic E-state index is 11.3. The number of hydrogen-bond donors (Lipinski definition) is 2. The van der Waals surface area contributed by atoms with Gasteiger partial charge in [0.25, 0.3) is 0 Å². The number of imidazole rings is 1. The van der Waals surface area contributed by atoms with Crippen LogP contribution < -0.4 is 11.1 Å². The fourth-order valence-corrected chi connectivity index (χ4v) is 4.07. The number of piperidine rings is 1. The van der Waals surface area contributed by atoms with Crippen molar-refractivity contribution in [3.05, 3.63) is 54.1 Å². The van der Waals surface area contributed by atoms with Crippen molar-refractivity contribution in [2.75, 3.05) is 19.6 Å². The number of aromatic nitrogens is 2. The number of carbonyl (C=O) groups excluding carboxylic acids is 1. The van der Waals surface area contributed by atoms with Gasteiger partial charge in [0.1, 0.15) is 12.4 Å². The Kier molecular flexibility index (Phi) is 10.8. The fourth-order valence-electron chi connectivity index (χ4n) is 4.07. The third-order valence-electron chi connectivity index (χ3n) is 5.52. The molecule has 3 rings (SSSR count). The normalized spacial score (nSPS) is 16.6. The van der Waals surface area contributed by atoms with E-state index in [1.807, 2.05) is 12.4 Å². The van der Waals surface area contributed by atoms with Crippen LogP contribution >= 0.6 is 24.0 Å². The highest BCUT2D eigenvalue weighted by Gasteiger charge is 2.23. The predicted octanol–water partition coefficient (Wildman–Crippen LogP) is 3.19. The molecule has 1 atom stereocenters. The molecule has 0 bridgehead atoms. The molecule has 31 heavy (non-hydrogen) atoms. The van der Waals surface area contributed by atoms with Gasteiger partial charge in [0.15, 0.2) is 5.96 Å². The summed E-state index contributed by atoms with van der Waals surface area (Å²) in [5, 5.41) is 3.40. The first-order chi connectivity index (χ1) is 14.7. The van der Waals surface area contributed by atoms with Gasteiger partial charge >= 0.3 is 0 Å². The molecule has 1 aromatic heterocycles. The van der Waals surface area contributed by atoms with E-state index in [1.165, 1.54) is 5.56 Å². The Bertz CT molecular complexity index is 822. The molecule has 1 aromatic carbocycles. The topological polar surface area (TPSA) is 88.5 Å². The number of halogens is 1. The molecule has 2 aromatic rings. The van der Waals surface area contributed by atoms with Crippen LogP contribution in [0, 0.1) is 5.92 Å². The van der Waals surface area contributed by atoms with Crippen molar-refractivity contribution in [2.24, 2.45) is 16.6 Å². The second kappa shape index (κ2) is 13.3. The van der Waals surface area contributed by atoms with E-state index < -0.39 is 0 Å². The number of guanidine groups is 1. The molecule has 0 aliphatic carbocycles. The first-order valence-corrected chi connectivity index (χ1v) is 11.0. The number of nitrogens with two attached hydrogens (primary N) is 1. The van der Waals surface area contributed by atoms with Gasteiger partial charge in [-0.1, -0.05) is 30.3 Å². The van der Waals surface area contributed by atoms with Crippen molar-refractivity contribution in [1.82, 2.24) is 19.8 Å². The van der Waals surface area contributed by atoms with Gasteiger partial charge in [-0.2, -0.15) is 0 Å². The molecule has 1 aliphatic heterocycles. The number of likely N-dealkylation sites (tertiary alicyclic amines) is 1. The summed E-state index contributed by atoms with van der Waals surface area (Å²) in [6, 6.07) is 10.6. The molecule has 8 heteroatoms. The van der Waals surface area contributed by atoms with Crippen molar-refractivity contribution in [3.63, 3.8) is 0 Å². The van der Waals surface area contributed by atoms with E-state index in [1.54, 1.807) is 0 Å². The Morgan fingerprint density at radius 1 is 1.32 bits per heavy atom. The molecular formula is C23H35IN6O. The van der Waals surface area contributed by atoms with Crippen LogP contribution in [0.4, 0.5) is 0 Å². The summed E-state index contributed by atoms with van der Waals surface area (Å²) >= 11 is 0. The highest BCUT2D eigenvalue weighted by atomic mass is 127. The third kappa shape index (κ3) is 8.16. The molecule has 2 heterocycles. The van der Waals surface area contributed by atoms with E-state index in [9.17, 15) is 4.79 Å². The van der Waals surface area contributed by atoms with Crippen molar-refractivity contribution in [1.29, 1.82) is 0 Å². The predicted molar refractivity (Wildman–Crippen MR) is 135 cm³/mol. The van der Waals surface area contributed by atoms with Crippen molar-refractivity contribution < 1.29 is 4.79 Å². The summed E-state index contributed by atoms with van der Waals surface area (Å²) in [7, 11) is 0. The quantitative estimate of drug-likeness (QED) is 0.292. The van der Waals surface area contributed by atoms with Crippen LogP contribution in [0.5, 0.6) is 0 Å². The number of aliphatic imine (C=N–C) groups is 1. The summed E-state index contributed by atoms with van der Waals surface area (Å²) in [4.78, 5) is 22.9. The SMILES string of the molecule is CCNC(=NCc1nccn1CCCc1ccccc1)N1CCCC(CC(N)=O)C1.I. The third-order valence-corrected chi connectivity index (χ3v) is 5.52. The monoisotopic (exact) mass is 538 g/mol.